The van der Waals surface area contributed by atoms with Crippen molar-refractivity contribution < 1.29 is 4.74 Å². The molecule has 0 bridgehead atoms. The number of anilines is 1. The number of nitrogens with two attached hydrogens (primary N) is 1. The van der Waals surface area contributed by atoms with E-state index in [0.29, 0.717) is 5.75 Å². The highest BCUT2D eigenvalue weighted by Crippen LogP contribution is 2.29. The molecule has 5 heteroatoms. The van der Waals surface area contributed by atoms with Crippen molar-refractivity contribution in [1.29, 1.82) is 0 Å². The number of aromatic nitrogens is 2. The van der Waals surface area contributed by atoms with Gasteiger partial charge in [0.2, 0.25) is 5.88 Å². The molecule has 2 aromatic rings. The summed E-state index contributed by atoms with van der Waals surface area (Å²) in [5, 5.41) is 0.194. The van der Waals surface area contributed by atoms with Crippen LogP contribution in [0.3, 0.4) is 0 Å². The molecule has 0 unspecified atom stereocenters. The topological polar surface area (TPSA) is 61.0 Å². The van der Waals surface area contributed by atoms with E-state index in [0.717, 1.165) is 11.1 Å². The first-order valence-corrected chi connectivity index (χ1v) is 5.46. The number of hydrogen-bond acceptors (Lipinski definition) is 4. The van der Waals surface area contributed by atoms with Gasteiger partial charge in [-0.3, -0.25) is 0 Å². The highest BCUT2D eigenvalue weighted by molar-refractivity contribution is 6.32. The Hall–Kier alpha value is -1.81. The fraction of sp³-hybridized carbons (Fsp3) is 0.167. The van der Waals surface area contributed by atoms with Crippen LogP contribution in [0.2, 0.25) is 5.15 Å². The summed E-state index contributed by atoms with van der Waals surface area (Å²) < 4.78 is 5.59. The molecule has 4 nitrogen and oxygen atoms in total. The Morgan fingerprint density at radius 1 is 1.12 bits per heavy atom. The van der Waals surface area contributed by atoms with Gasteiger partial charge in [0.15, 0.2) is 5.15 Å². The molecular weight excluding hydrogens is 238 g/mol. The number of halogens is 1. The molecule has 0 fully saturated rings. The Balaban J connectivity index is 2.34. The maximum atomic E-state index is 5.79. The second-order valence-corrected chi connectivity index (χ2v) is 4.17. The molecule has 0 amide bonds. The van der Waals surface area contributed by atoms with Gasteiger partial charge in [0, 0.05) is 0 Å². The lowest BCUT2D eigenvalue weighted by molar-refractivity contribution is 0.463. The van der Waals surface area contributed by atoms with Gasteiger partial charge < -0.3 is 10.5 Å². The molecule has 0 spiro atoms. The van der Waals surface area contributed by atoms with E-state index < -0.39 is 0 Å². The largest absolute Gasteiger partial charge is 0.437 e. The van der Waals surface area contributed by atoms with Crippen LogP contribution >= 0.6 is 11.6 Å². The minimum Gasteiger partial charge on any atom is -0.437 e. The first kappa shape index (κ1) is 11.7. The third-order valence-electron chi connectivity index (χ3n) is 2.21. The first-order valence-electron chi connectivity index (χ1n) is 5.08. The number of nitrogens with zero attached hydrogens (tertiary/aromatic N) is 2. The summed E-state index contributed by atoms with van der Waals surface area (Å²) in [6.45, 7) is 3.99. The molecule has 0 atom stereocenters. The SMILES string of the molecule is Cc1cc(C)cc(Oc2ncnc(Cl)c2N)c1. The zero-order valence-corrected chi connectivity index (χ0v) is 10.3. The second-order valence-electron chi connectivity index (χ2n) is 3.81. The first-order chi connectivity index (χ1) is 8.06. The molecule has 88 valence electrons. The lowest BCUT2D eigenvalue weighted by atomic mass is 10.1. The summed E-state index contributed by atoms with van der Waals surface area (Å²) in [5.74, 6) is 0.957. The predicted molar refractivity (Wildman–Crippen MR) is 67.4 cm³/mol. The summed E-state index contributed by atoms with van der Waals surface area (Å²) in [6.07, 6.45) is 1.32. The smallest absolute Gasteiger partial charge is 0.247 e. The number of rotatable bonds is 2. The number of ether oxygens (including phenoxy) is 1. The molecule has 1 aromatic carbocycles. The molecule has 0 radical (unpaired) electrons. The Kier molecular flexibility index (Phi) is 3.15. The van der Waals surface area contributed by atoms with Gasteiger partial charge >= 0.3 is 0 Å². The lowest BCUT2D eigenvalue weighted by Gasteiger charge is -2.08. The average Bonchev–Trinajstić information content (AvgIpc) is 2.23. The van der Waals surface area contributed by atoms with Gasteiger partial charge in [-0.25, -0.2) is 4.98 Å². The Morgan fingerprint density at radius 3 is 2.41 bits per heavy atom. The van der Waals surface area contributed by atoms with Gasteiger partial charge in [-0.15, -0.1) is 0 Å². The van der Waals surface area contributed by atoms with Crippen LogP contribution in [0.5, 0.6) is 11.6 Å². The fourth-order valence-corrected chi connectivity index (χ4v) is 1.67. The summed E-state index contributed by atoms with van der Waals surface area (Å²) in [4.78, 5) is 7.72. The van der Waals surface area contributed by atoms with Crippen LogP contribution in [0, 0.1) is 13.8 Å². The van der Waals surface area contributed by atoms with Crippen molar-refractivity contribution in [2.75, 3.05) is 5.73 Å². The van der Waals surface area contributed by atoms with Crippen molar-refractivity contribution in [2.24, 2.45) is 0 Å². The molecular formula is C12H12ClN3O. The minimum atomic E-state index is 0.194. The highest BCUT2D eigenvalue weighted by Gasteiger charge is 2.08. The monoisotopic (exact) mass is 249 g/mol. The molecule has 0 aliphatic heterocycles. The number of benzene rings is 1. The quantitative estimate of drug-likeness (QED) is 0.831. The third-order valence-corrected chi connectivity index (χ3v) is 2.51. The van der Waals surface area contributed by atoms with Crippen LogP contribution < -0.4 is 10.5 Å². The maximum absolute atomic E-state index is 5.79. The van der Waals surface area contributed by atoms with Crippen LogP contribution in [-0.2, 0) is 0 Å². The van der Waals surface area contributed by atoms with Crippen molar-refractivity contribution in [1.82, 2.24) is 9.97 Å². The van der Waals surface area contributed by atoms with E-state index in [4.69, 9.17) is 22.1 Å². The molecule has 17 heavy (non-hydrogen) atoms. The van der Waals surface area contributed by atoms with E-state index in [2.05, 4.69) is 16.0 Å². The van der Waals surface area contributed by atoms with Crippen LogP contribution in [0.25, 0.3) is 0 Å². The zero-order chi connectivity index (χ0) is 12.4. The van der Waals surface area contributed by atoms with E-state index >= 15 is 0 Å². The zero-order valence-electron chi connectivity index (χ0n) is 9.57. The van der Waals surface area contributed by atoms with E-state index in [1.807, 2.05) is 26.0 Å². The second kappa shape index (κ2) is 4.59. The molecule has 2 rings (SSSR count). The van der Waals surface area contributed by atoms with Crippen molar-refractivity contribution >= 4 is 17.3 Å². The predicted octanol–water partition coefficient (Wildman–Crippen LogP) is 3.12. The van der Waals surface area contributed by atoms with Crippen molar-refractivity contribution in [3.63, 3.8) is 0 Å². The Morgan fingerprint density at radius 2 is 1.76 bits per heavy atom. The van der Waals surface area contributed by atoms with E-state index in [9.17, 15) is 0 Å². The Bertz CT molecular complexity index is 537. The summed E-state index contributed by atoms with van der Waals surface area (Å²) >= 11 is 5.79. The van der Waals surface area contributed by atoms with Gasteiger partial charge in [0.25, 0.3) is 0 Å². The van der Waals surface area contributed by atoms with Crippen LogP contribution in [0.15, 0.2) is 24.5 Å². The van der Waals surface area contributed by atoms with Crippen molar-refractivity contribution in [3.8, 4) is 11.6 Å². The molecule has 1 aromatic heterocycles. The van der Waals surface area contributed by atoms with Gasteiger partial charge in [0.05, 0.1) is 0 Å². The van der Waals surface area contributed by atoms with Gasteiger partial charge in [-0.2, -0.15) is 4.98 Å². The lowest BCUT2D eigenvalue weighted by Crippen LogP contribution is -1.97. The standard InChI is InChI=1S/C12H12ClN3O/c1-7-3-8(2)5-9(4-7)17-12-10(14)11(13)15-6-16-12/h3-6H,14H2,1-2H3. The normalized spacial score (nSPS) is 10.3. The van der Waals surface area contributed by atoms with Crippen molar-refractivity contribution in [3.05, 3.63) is 40.8 Å². The summed E-state index contributed by atoms with van der Waals surface area (Å²) in [6, 6.07) is 5.87. The average molecular weight is 250 g/mol. The van der Waals surface area contributed by atoms with Crippen molar-refractivity contribution in [2.45, 2.75) is 13.8 Å². The highest BCUT2D eigenvalue weighted by atomic mass is 35.5. The van der Waals surface area contributed by atoms with Gasteiger partial charge in [-0.1, -0.05) is 17.7 Å². The number of nitrogen functional groups attached to an aromatic ring is 1. The van der Waals surface area contributed by atoms with Gasteiger partial charge in [-0.05, 0) is 37.1 Å². The summed E-state index contributed by atoms with van der Waals surface area (Å²) in [7, 11) is 0. The summed E-state index contributed by atoms with van der Waals surface area (Å²) in [5.41, 5.74) is 8.19. The van der Waals surface area contributed by atoms with Gasteiger partial charge in [0.1, 0.15) is 17.8 Å². The maximum Gasteiger partial charge on any atom is 0.247 e. The van der Waals surface area contributed by atoms with E-state index in [1.165, 1.54) is 6.33 Å². The Labute approximate surface area is 104 Å². The third kappa shape index (κ3) is 2.65. The minimum absolute atomic E-state index is 0.194. The van der Waals surface area contributed by atoms with E-state index in [-0.39, 0.29) is 16.7 Å². The van der Waals surface area contributed by atoms with Crippen LogP contribution in [-0.4, -0.2) is 9.97 Å². The molecule has 1 heterocycles. The molecule has 2 N–H and O–H groups in total. The van der Waals surface area contributed by atoms with Crippen LogP contribution in [0.1, 0.15) is 11.1 Å². The molecule has 0 aliphatic carbocycles. The number of aryl methyl sites for hydroxylation is 2. The van der Waals surface area contributed by atoms with Crippen LogP contribution in [0.4, 0.5) is 5.69 Å². The number of hydrogen-bond donors (Lipinski definition) is 1. The molecule has 0 saturated heterocycles. The molecule has 0 aliphatic rings. The van der Waals surface area contributed by atoms with E-state index in [1.54, 1.807) is 0 Å². The fourth-order valence-electron chi connectivity index (χ4n) is 1.54. The molecule has 0 saturated carbocycles.